The second kappa shape index (κ2) is 6.04. The summed E-state index contributed by atoms with van der Waals surface area (Å²) in [6.45, 7) is 4.37. The molecule has 1 heterocycles. The maximum Gasteiger partial charge on any atom is 0.140 e. The molecular formula is C14H17NO3S. The highest BCUT2D eigenvalue weighted by atomic mass is 32.1. The number of nitrogens with zero attached hydrogens (tertiary/aromatic N) is 1. The predicted molar refractivity (Wildman–Crippen MR) is 74.8 cm³/mol. The predicted octanol–water partition coefficient (Wildman–Crippen LogP) is 2.84. The Balaban J connectivity index is 2.10. The molecule has 1 aromatic carbocycles. The van der Waals surface area contributed by atoms with Crippen LogP contribution in [0.4, 0.5) is 0 Å². The molecule has 0 unspecified atom stereocenters. The number of aliphatic hydroxyl groups is 1. The van der Waals surface area contributed by atoms with Crippen LogP contribution in [0.1, 0.15) is 21.1 Å². The van der Waals surface area contributed by atoms with Gasteiger partial charge in [-0.05, 0) is 32.0 Å². The van der Waals surface area contributed by atoms with Crippen molar-refractivity contribution in [1.82, 2.24) is 4.98 Å². The van der Waals surface area contributed by atoms with E-state index >= 15 is 0 Å². The summed E-state index contributed by atoms with van der Waals surface area (Å²) in [5.74, 6) is 1.37. The normalized spacial score (nSPS) is 10.5. The van der Waals surface area contributed by atoms with Gasteiger partial charge >= 0.3 is 0 Å². The van der Waals surface area contributed by atoms with E-state index in [0.29, 0.717) is 23.7 Å². The van der Waals surface area contributed by atoms with Crippen LogP contribution in [-0.4, -0.2) is 17.2 Å². The van der Waals surface area contributed by atoms with Gasteiger partial charge in [-0.2, -0.15) is 0 Å². The Hall–Kier alpha value is -1.59. The van der Waals surface area contributed by atoms with Gasteiger partial charge in [-0.25, -0.2) is 4.98 Å². The summed E-state index contributed by atoms with van der Waals surface area (Å²) in [4.78, 5) is 5.63. The molecule has 4 nitrogen and oxygen atoms in total. The van der Waals surface area contributed by atoms with Crippen molar-refractivity contribution in [3.63, 3.8) is 0 Å². The molecule has 0 aliphatic carbocycles. The van der Waals surface area contributed by atoms with Crippen molar-refractivity contribution in [2.75, 3.05) is 7.11 Å². The molecule has 2 aromatic rings. The first kappa shape index (κ1) is 13.8. The first-order chi connectivity index (χ1) is 9.13. The molecule has 102 valence electrons. The van der Waals surface area contributed by atoms with E-state index in [9.17, 15) is 5.11 Å². The van der Waals surface area contributed by atoms with E-state index in [4.69, 9.17) is 9.47 Å². The molecule has 0 amide bonds. The molecular weight excluding hydrogens is 262 g/mol. The van der Waals surface area contributed by atoms with Gasteiger partial charge in [0.1, 0.15) is 23.1 Å². The van der Waals surface area contributed by atoms with Crippen LogP contribution in [0.25, 0.3) is 0 Å². The lowest BCUT2D eigenvalue weighted by atomic mass is 10.2. The van der Waals surface area contributed by atoms with E-state index in [0.717, 1.165) is 10.7 Å². The lowest BCUT2D eigenvalue weighted by Crippen LogP contribution is -1.99. The molecule has 0 saturated carbocycles. The van der Waals surface area contributed by atoms with E-state index in [2.05, 4.69) is 4.98 Å². The molecule has 5 heteroatoms. The number of aromatic nitrogens is 1. The summed E-state index contributed by atoms with van der Waals surface area (Å²) in [5, 5.41) is 10.3. The molecule has 0 aliphatic heterocycles. The third-order valence-corrected chi connectivity index (χ3v) is 3.91. The summed E-state index contributed by atoms with van der Waals surface area (Å²) in [6.07, 6.45) is 0. The Morgan fingerprint density at radius 1 is 1.32 bits per heavy atom. The zero-order chi connectivity index (χ0) is 13.8. The van der Waals surface area contributed by atoms with Gasteiger partial charge in [0.2, 0.25) is 0 Å². The van der Waals surface area contributed by atoms with Gasteiger partial charge in [0.25, 0.3) is 0 Å². The van der Waals surface area contributed by atoms with Crippen LogP contribution in [0, 0.1) is 13.8 Å². The lowest BCUT2D eigenvalue weighted by Gasteiger charge is -2.10. The van der Waals surface area contributed by atoms with Gasteiger partial charge in [-0.1, -0.05) is 0 Å². The summed E-state index contributed by atoms with van der Waals surface area (Å²) in [7, 11) is 1.60. The van der Waals surface area contributed by atoms with Crippen LogP contribution < -0.4 is 9.47 Å². The number of hydrogen-bond acceptors (Lipinski definition) is 5. The highest BCUT2D eigenvalue weighted by molar-refractivity contribution is 7.11. The second-order valence-electron chi connectivity index (χ2n) is 4.17. The first-order valence-corrected chi connectivity index (χ1v) is 6.79. The summed E-state index contributed by atoms with van der Waals surface area (Å²) >= 11 is 1.63. The number of aliphatic hydroxyl groups excluding tert-OH is 1. The topological polar surface area (TPSA) is 51.6 Å². The van der Waals surface area contributed by atoms with Crippen molar-refractivity contribution in [1.29, 1.82) is 0 Å². The molecule has 0 fully saturated rings. The van der Waals surface area contributed by atoms with E-state index in [1.807, 2.05) is 19.9 Å². The molecule has 0 atom stereocenters. The van der Waals surface area contributed by atoms with Crippen LogP contribution >= 0.6 is 11.3 Å². The number of ether oxygens (including phenoxy) is 2. The molecule has 0 radical (unpaired) electrons. The third kappa shape index (κ3) is 3.24. The van der Waals surface area contributed by atoms with Crippen LogP contribution in [0.5, 0.6) is 11.5 Å². The van der Waals surface area contributed by atoms with Crippen LogP contribution in [0.3, 0.4) is 0 Å². The number of thiazole rings is 1. The molecule has 0 aliphatic rings. The first-order valence-electron chi connectivity index (χ1n) is 5.97. The van der Waals surface area contributed by atoms with Crippen molar-refractivity contribution in [3.05, 3.63) is 39.3 Å². The third-order valence-electron chi connectivity index (χ3n) is 2.86. The SMILES string of the molecule is COc1ccc(OCc2nc(C)c(C)s2)c(CO)c1. The largest absolute Gasteiger partial charge is 0.497 e. The van der Waals surface area contributed by atoms with Crippen LogP contribution in [0.2, 0.25) is 0 Å². The fraction of sp³-hybridized carbons (Fsp3) is 0.357. The van der Waals surface area contributed by atoms with Gasteiger partial charge < -0.3 is 14.6 Å². The quantitative estimate of drug-likeness (QED) is 0.914. The summed E-state index contributed by atoms with van der Waals surface area (Å²) in [6, 6.07) is 5.39. The van der Waals surface area contributed by atoms with E-state index in [1.54, 1.807) is 30.6 Å². The number of benzene rings is 1. The van der Waals surface area contributed by atoms with Gasteiger partial charge in [0, 0.05) is 10.4 Å². The van der Waals surface area contributed by atoms with Gasteiger partial charge in [-0.3, -0.25) is 0 Å². The highest BCUT2D eigenvalue weighted by Crippen LogP contribution is 2.26. The smallest absolute Gasteiger partial charge is 0.140 e. The zero-order valence-corrected chi connectivity index (χ0v) is 12.1. The molecule has 0 bridgehead atoms. The van der Waals surface area contributed by atoms with Crippen molar-refractivity contribution in [2.45, 2.75) is 27.1 Å². The average molecular weight is 279 g/mol. The van der Waals surface area contributed by atoms with Gasteiger partial charge in [0.15, 0.2) is 0 Å². The number of methoxy groups -OCH3 is 1. The average Bonchev–Trinajstić information content (AvgIpc) is 2.75. The minimum atomic E-state index is -0.0809. The highest BCUT2D eigenvalue weighted by Gasteiger charge is 2.08. The number of hydrogen-bond donors (Lipinski definition) is 1. The molecule has 1 N–H and O–H groups in total. The number of aryl methyl sites for hydroxylation is 2. The summed E-state index contributed by atoms with van der Waals surface area (Å²) in [5.41, 5.74) is 1.75. The van der Waals surface area contributed by atoms with Gasteiger partial charge in [0.05, 0.1) is 19.4 Å². The van der Waals surface area contributed by atoms with Crippen LogP contribution in [0.15, 0.2) is 18.2 Å². The van der Waals surface area contributed by atoms with E-state index < -0.39 is 0 Å². The Labute approximate surface area is 116 Å². The van der Waals surface area contributed by atoms with Crippen molar-refractivity contribution in [2.24, 2.45) is 0 Å². The van der Waals surface area contributed by atoms with Crippen molar-refractivity contribution < 1.29 is 14.6 Å². The molecule has 1 aromatic heterocycles. The molecule has 19 heavy (non-hydrogen) atoms. The fourth-order valence-corrected chi connectivity index (χ4v) is 2.53. The minimum Gasteiger partial charge on any atom is -0.497 e. The summed E-state index contributed by atoms with van der Waals surface area (Å²) < 4.78 is 10.8. The Morgan fingerprint density at radius 3 is 2.68 bits per heavy atom. The standard InChI is InChI=1S/C14H17NO3S/c1-9-10(2)19-14(15-9)8-18-13-5-4-12(17-3)6-11(13)7-16/h4-6,16H,7-8H2,1-3H3. The Morgan fingerprint density at radius 2 is 2.11 bits per heavy atom. The zero-order valence-electron chi connectivity index (χ0n) is 11.3. The maximum atomic E-state index is 9.34. The van der Waals surface area contributed by atoms with E-state index in [-0.39, 0.29) is 6.61 Å². The Kier molecular flexibility index (Phi) is 4.39. The van der Waals surface area contributed by atoms with E-state index in [1.165, 1.54) is 4.88 Å². The molecule has 2 rings (SSSR count). The van der Waals surface area contributed by atoms with Crippen molar-refractivity contribution in [3.8, 4) is 11.5 Å². The van der Waals surface area contributed by atoms with Crippen LogP contribution in [-0.2, 0) is 13.2 Å². The monoisotopic (exact) mass is 279 g/mol. The van der Waals surface area contributed by atoms with Gasteiger partial charge in [-0.15, -0.1) is 11.3 Å². The maximum absolute atomic E-state index is 9.34. The van der Waals surface area contributed by atoms with Crippen molar-refractivity contribution >= 4 is 11.3 Å². The minimum absolute atomic E-state index is 0.0809. The second-order valence-corrected chi connectivity index (χ2v) is 5.46. The molecule has 0 spiro atoms. The lowest BCUT2D eigenvalue weighted by molar-refractivity contribution is 0.257. The fourth-order valence-electron chi connectivity index (χ4n) is 1.69. The Bertz CT molecular complexity index is 546. The number of rotatable bonds is 5. The molecule has 0 saturated heterocycles.